The maximum atomic E-state index is 12.0. The van der Waals surface area contributed by atoms with Gasteiger partial charge in [0.2, 0.25) is 0 Å². The Labute approximate surface area is 93.8 Å². The highest BCUT2D eigenvalue weighted by molar-refractivity contribution is 5.97. The molecule has 0 spiro atoms. The van der Waals surface area contributed by atoms with Crippen LogP contribution in [0.15, 0.2) is 44.4 Å². The largest absolute Gasteiger partial charge is 0.346 e. The highest BCUT2D eigenvalue weighted by atomic mass is 16.2. The van der Waals surface area contributed by atoms with Crippen LogP contribution in [0.5, 0.6) is 0 Å². The van der Waals surface area contributed by atoms with Crippen molar-refractivity contribution in [1.29, 1.82) is 0 Å². The van der Waals surface area contributed by atoms with Gasteiger partial charge in [-0.05, 0) is 38.0 Å². The van der Waals surface area contributed by atoms with E-state index in [1.165, 1.54) is 11.1 Å². The number of hydrogen-bond donors (Lipinski definition) is 1. The van der Waals surface area contributed by atoms with Crippen molar-refractivity contribution in [2.75, 3.05) is 0 Å². The second-order valence-corrected chi connectivity index (χ2v) is 5.34. The molecular weight excluding hydrogens is 202 g/mol. The molecule has 16 heavy (non-hydrogen) atoms. The molecule has 0 aromatic carbocycles. The molecule has 0 radical (unpaired) electrons. The van der Waals surface area contributed by atoms with Gasteiger partial charge in [-0.15, -0.1) is 10.2 Å². The van der Waals surface area contributed by atoms with E-state index in [0.29, 0.717) is 5.70 Å². The van der Waals surface area contributed by atoms with Crippen LogP contribution in [0.1, 0.15) is 27.2 Å². The highest BCUT2D eigenvalue weighted by Crippen LogP contribution is 2.51. The number of hydrogen-bond acceptors (Lipinski definition) is 3. The fraction of sp³-hybridized carbons (Fsp3) is 0.417. The molecular formula is C12H13N3O. The first-order chi connectivity index (χ1) is 7.46. The third kappa shape index (κ3) is 1.33. The topological polar surface area (TPSA) is 53.8 Å². The average Bonchev–Trinajstić information content (AvgIpc) is 2.64. The van der Waals surface area contributed by atoms with Crippen molar-refractivity contribution in [2.24, 2.45) is 10.2 Å². The van der Waals surface area contributed by atoms with Gasteiger partial charge < -0.3 is 5.32 Å². The fourth-order valence-electron chi connectivity index (χ4n) is 1.94. The first kappa shape index (κ1) is 9.51. The number of fused-ring (bicyclic) bond motifs is 2. The van der Waals surface area contributed by atoms with Gasteiger partial charge >= 0.3 is 0 Å². The summed E-state index contributed by atoms with van der Waals surface area (Å²) >= 11 is 0. The van der Waals surface area contributed by atoms with E-state index in [0.717, 1.165) is 17.7 Å². The zero-order valence-corrected chi connectivity index (χ0v) is 9.59. The molecule has 3 aliphatic rings. The van der Waals surface area contributed by atoms with Crippen LogP contribution < -0.4 is 5.32 Å². The van der Waals surface area contributed by atoms with Crippen LogP contribution in [0.25, 0.3) is 0 Å². The van der Waals surface area contributed by atoms with Crippen molar-refractivity contribution in [3.05, 3.63) is 34.2 Å². The summed E-state index contributed by atoms with van der Waals surface area (Å²) in [6.07, 6.45) is 3.05. The third-order valence-electron chi connectivity index (χ3n) is 2.70. The van der Waals surface area contributed by atoms with Gasteiger partial charge in [-0.1, -0.05) is 0 Å². The standard InChI is InChI=1S/C12H13N3O/c1-12(2,3)13-11(16)10-8-5-6-4-7(6)9(8)14-15-10/h5H,4H2,1-3H3,(H,13,16). The maximum Gasteiger partial charge on any atom is 0.272 e. The summed E-state index contributed by atoms with van der Waals surface area (Å²) < 4.78 is 0. The predicted octanol–water partition coefficient (Wildman–Crippen LogP) is 2.22. The number of nitrogens with zero attached hydrogens (tertiary/aromatic N) is 2. The summed E-state index contributed by atoms with van der Waals surface area (Å²) in [5.41, 5.74) is 4.59. The van der Waals surface area contributed by atoms with Crippen LogP contribution in [0.2, 0.25) is 0 Å². The van der Waals surface area contributed by atoms with Crippen LogP contribution in [0, 0.1) is 0 Å². The molecule has 1 amide bonds. The predicted molar refractivity (Wildman–Crippen MR) is 59.5 cm³/mol. The van der Waals surface area contributed by atoms with Gasteiger partial charge in [0.05, 0.1) is 5.70 Å². The van der Waals surface area contributed by atoms with Gasteiger partial charge in [-0.25, -0.2) is 0 Å². The molecule has 2 aliphatic carbocycles. The Kier molecular flexibility index (Phi) is 1.60. The fourth-order valence-corrected chi connectivity index (χ4v) is 1.94. The molecule has 0 aromatic heterocycles. The monoisotopic (exact) mass is 215 g/mol. The molecule has 0 aromatic rings. The third-order valence-corrected chi connectivity index (χ3v) is 2.70. The summed E-state index contributed by atoms with van der Waals surface area (Å²) in [7, 11) is 0. The Bertz CT molecular complexity index is 527. The number of amides is 1. The Balaban J connectivity index is 1.91. The molecule has 0 unspecified atom stereocenters. The second kappa shape index (κ2) is 2.70. The smallest absolute Gasteiger partial charge is 0.272 e. The minimum Gasteiger partial charge on any atom is -0.346 e. The quantitative estimate of drug-likeness (QED) is 0.716. The summed E-state index contributed by atoms with van der Waals surface area (Å²) in [4.78, 5) is 12.0. The van der Waals surface area contributed by atoms with Crippen LogP contribution in [-0.4, -0.2) is 11.4 Å². The number of azo groups is 1. The molecule has 4 nitrogen and oxygen atoms in total. The van der Waals surface area contributed by atoms with Crippen LogP contribution in [0.3, 0.4) is 0 Å². The van der Waals surface area contributed by atoms with E-state index >= 15 is 0 Å². The molecule has 4 heteroatoms. The molecule has 1 aliphatic heterocycles. The van der Waals surface area contributed by atoms with Gasteiger partial charge in [0.25, 0.3) is 5.91 Å². The number of allylic oxidation sites excluding steroid dienone is 3. The Hall–Kier alpha value is -1.71. The Morgan fingerprint density at radius 2 is 2.12 bits per heavy atom. The van der Waals surface area contributed by atoms with Crippen molar-refractivity contribution < 1.29 is 4.79 Å². The molecule has 1 fully saturated rings. The molecule has 1 heterocycles. The number of carbonyl (C=O) groups excluding carboxylic acids is 1. The van der Waals surface area contributed by atoms with Crippen LogP contribution in [0.4, 0.5) is 0 Å². The van der Waals surface area contributed by atoms with Gasteiger partial charge in [0.15, 0.2) is 5.70 Å². The summed E-state index contributed by atoms with van der Waals surface area (Å²) in [5, 5.41) is 10.9. The van der Waals surface area contributed by atoms with Crippen molar-refractivity contribution >= 4 is 5.91 Å². The lowest BCUT2D eigenvalue weighted by molar-refractivity contribution is -0.118. The van der Waals surface area contributed by atoms with E-state index in [4.69, 9.17) is 0 Å². The molecule has 0 atom stereocenters. The molecule has 0 bridgehead atoms. The van der Waals surface area contributed by atoms with E-state index in [9.17, 15) is 4.79 Å². The summed E-state index contributed by atoms with van der Waals surface area (Å²) in [6.45, 7) is 5.85. The van der Waals surface area contributed by atoms with Crippen molar-refractivity contribution in [3.8, 4) is 0 Å². The normalized spacial score (nSPS) is 21.1. The lowest BCUT2D eigenvalue weighted by Crippen LogP contribution is -2.41. The summed E-state index contributed by atoms with van der Waals surface area (Å²) in [6, 6.07) is 0. The Morgan fingerprint density at radius 1 is 1.38 bits per heavy atom. The van der Waals surface area contributed by atoms with Gasteiger partial charge in [-0.3, -0.25) is 4.79 Å². The van der Waals surface area contributed by atoms with E-state index in [1.807, 2.05) is 26.8 Å². The van der Waals surface area contributed by atoms with Crippen molar-refractivity contribution in [1.82, 2.24) is 5.32 Å². The van der Waals surface area contributed by atoms with Gasteiger partial charge in [0.1, 0.15) is 0 Å². The molecule has 1 N–H and O–H groups in total. The lowest BCUT2D eigenvalue weighted by Gasteiger charge is -2.20. The van der Waals surface area contributed by atoms with Crippen LogP contribution in [-0.2, 0) is 4.79 Å². The molecule has 3 rings (SSSR count). The van der Waals surface area contributed by atoms with E-state index in [1.54, 1.807) is 0 Å². The van der Waals surface area contributed by atoms with E-state index in [-0.39, 0.29) is 11.4 Å². The number of nitrogens with one attached hydrogen (secondary N) is 1. The Morgan fingerprint density at radius 3 is 2.81 bits per heavy atom. The van der Waals surface area contributed by atoms with Crippen LogP contribution >= 0.6 is 0 Å². The minimum atomic E-state index is -0.245. The van der Waals surface area contributed by atoms with E-state index in [2.05, 4.69) is 15.5 Å². The van der Waals surface area contributed by atoms with Crippen molar-refractivity contribution in [3.63, 3.8) is 0 Å². The lowest BCUT2D eigenvalue weighted by atomic mass is 10.1. The second-order valence-electron chi connectivity index (χ2n) is 5.34. The van der Waals surface area contributed by atoms with Gasteiger partial charge in [0, 0.05) is 17.5 Å². The number of rotatable bonds is 1. The molecule has 1 saturated carbocycles. The number of carbonyl (C=O) groups is 1. The highest BCUT2D eigenvalue weighted by Gasteiger charge is 2.38. The van der Waals surface area contributed by atoms with Crippen molar-refractivity contribution in [2.45, 2.75) is 32.7 Å². The first-order valence-corrected chi connectivity index (χ1v) is 5.39. The maximum absolute atomic E-state index is 12.0. The zero-order valence-electron chi connectivity index (χ0n) is 9.59. The van der Waals surface area contributed by atoms with E-state index < -0.39 is 0 Å². The van der Waals surface area contributed by atoms with Gasteiger partial charge in [-0.2, -0.15) is 0 Å². The summed E-state index contributed by atoms with van der Waals surface area (Å²) in [5.74, 6) is -0.139. The molecule has 82 valence electrons. The zero-order chi connectivity index (χ0) is 11.5. The SMILES string of the molecule is CC(C)(C)NC(=O)C1=C2C=C3CC3=C2N=N1. The average molecular weight is 215 g/mol. The first-order valence-electron chi connectivity index (χ1n) is 5.39. The molecule has 0 saturated heterocycles. The minimum absolute atomic E-state index is 0.139.